The summed E-state index contributed by atoms with van der Waals surface area (Å²) in [5, 5.41) is 0. The highest BCUT2D eigenvalue weighted by Crippen LogP contribution is 2.37. The SMILES string of the molecule is CCc1ccccc1Oc1cc(Br)ccc1C(C)(C)C. The number of para-hydroxylation sites is 1. The van der Waals surface area contributed by atoms with Gasteiger partial charge in [-0.15, -0.1) is 0 Å². The van der Waals surface area contributed by atoms with Gasteiger partial charge >= 0.3 is 0 Å². The van der Waals surface area contributed by atoms with Crippen molar-refractivity contribution in [3.05, 3.63) is 58.1 Å². The molecular weight excluding hydrogens is 312 g/mol. The number of ether oxygens (including phenoxy) is 1. The van der Waals surface area contributed by atoms with E-state index in [1.807, 2.05) is 18.2 Å². The maximum absolute atomic E-state index is 6.21. The summed E-state index contributed by atoms with van der Waals surface area (Å²) in [6.07, 6.45) is 0.967. The van der Waals surface area contributed by atoms with E-state index in [-0.39, 0.29) is 5.41 Å². The van der Waals surface area contributed by atoms with Crippen LogP contribution < -0.4 is 4.74 Å². The zero-order chi connectivity index (χ0) is 14.8. The van der Waals surface area contributed by atoms with Gasteiger partial charge in [-0.25, -0.2) is 0 Å². The van der Waals surface area contributed by atoms with Crippen LogP contribution >= 0.6 is 15.9 Å². The second kappa shape index (κ2) is 6.01. The summed E-state index contributed by atoms with van der Waals surface area (Å²) in [6.45, 7) is 8.76. The molecule has 0 atom stereocenters. The Morgan fingerprint density at radius 3 is 2.35 bits per heavy atom. The number of benzene rings is 2. The smallest absolute Gasteiger partial charge is 0.132 e. The topological polar surface area (TPSA) is 9.23 Å². The van der Waals surface area contributed by atoms with E-state index in [1.165, 1.54) is 11.1 Å². The van der Waals surface area contributed by atoms with Crippen LogP contribution in [0.15, 0.2) is 46.9 Å². The van der Waals surface area contributed by atoms with Gasteiger partial charge in [0.05, 0.1) is 0 Å². The molecule has 0 bridgehead atoms. The third kappa shape index (κ3) is 3.43. The Kier molecular flexibility index (Phi) is 4.54. The average molecular weight is 333 g/mol. The van der Waals surface area contributed by atoms with Crippen LogP contribution in [0.2, 0.25) is 0 Å². The summed E-state index contributed by atoms with van der Waals surface area (Å²) in [5.41, 5.74) is 2.50. The molecule has 0 amide bonds. The van der Waals surface area contributed by atoms with E-state index in [2.05, 4.69) is 67.9 Å². The third-order valence-corrected chi connectivity index (χ3v) is 3.82. The van der Waals surface area contributed by atoms with Gasteiger partial charge < -0.3 is 4.74 Å². The molecule has 106 valence electrons. The monoisotopic (exact) mass is 332 g/mol. The number of rotatable bonds is 3. The normalized spacial score (nSPS) is 11.4. The first-order valence-electron chi connectivity index (χ1n) is 6.97. The van der Waals surface area contributed by atoms with Crippen LogP contribution in [0.1, 0.15) is 38.8 Å². The molecule has 20 heavy (non-hydrogen) atoms. The summed E-state index contributed by atoms with van der Waals surface area (Å²) in [6, 6.07) is 14.5. The lowest BCUT2D eigenvalue weighted by molar-refractivity contribution is 0.450. The van der Waals surface area contributed by atoms with Crippen molar-refractivity contribution in [2.45, 2.75) is 39.5 Å². The Hall–Kier alpha value is -1.28. The quantitative estimate of drug-likeness (QED) is 0.659. The highest BCUT2D eigenvalue weighted by molar-refractivity contribution is 9.10. The van der Waals surface area contributed by atoms with E-state index < -0.39 is 0 Å². The van der Waals surface area contributed by atoms with Crippen molar-refractivity contribution in [1.29, 1.82) is 0 Å². The summed E-state index contributed by atoms with van der Waals surface area (Å²) in [7, 11) is 0. The van der Waals surface area contributed by atoms with Crippen LogP contribution in [0.25, 0.3) is 0 Å². The zero-order valence-corrected chi connectivity index (χ0v) is 14.1. The Morgan fingerprint density at radius 1 is 1.00 bits per heavy atom. The van der Waals surface area contributed by atoms with E-state index in [1.54, 1.807) is 0 Å². The lowest BCUT2D eigenvalue weighted by Gasteiger charge is -2.23. The molecule has 0 saturated heterocycles. The predicted octanol–water partition coefficient (Wildman–Crippen LogP) is 6.10. The van der Waals surface area contributed by atoms with Gasteiger partial charge in [-0.3, -0.25) is 0 Å². The minimum absolute atomic E-state index is 0.0528. The number of aryl methyl sites for hydroxylation is 1. The number of hydrogen-bond donors (Lipinski definition) is 0. The number of hydrogen-bond acceptors (Lipinski definition) is 1. The molecule has 2 heteroatoms. The zero-order valence-electron chi connectivity index (χ0n) is 12.5. The van der Waals surface area contributed by atoms with Crippen LogP contribution in [-0.4, -0.2) is 0 Å². The van der Waals surface area contributed by atoms with Gasteiger partial charge in [0.1, 0.15) is 11.5 Å². The molecule has 0 aliphatic carbocycles. The average Bonchev–Trinajstić information content (AvgIpc) is 2.38. The first-order chi connectivity index (χ1) is 9.41. The largest absolute Gasteiger partial charge is 0.457 e. The Balaban J connectivity index is 2.45. The highest BCUT2D eigenvalue weighted by atomic mass is 79.9. The fourth-order valence-electron chi connectivity index (χ4n) is 2.21. The summed E-state index contributed by atoms with van der Waals surface area (Å²) >= 11 is 3.53. The lowest BCUT2D eigenvalue weighted by atomic mass is 9.86. The minimum Gasteiger partial charge on any atom is -0.457 e. The Labute approximate surface area is 130 Å². The number of halogens is 1. The minimum atomic E-state index is 0.0528. The third-order valence-electron chi connectivity index (χ3n) is 3.33. The van der Waals surface area contributed by atoms with Crippen molar-refractivity contribution < 1.29 is 4.74 Å². The molecule has 0 aromatic heterocycles. The van der Waals surface area contributed by atoms with Crippen LogP contribution in [-0.2, 0) is 11.8 Å². The van der Waals surface area contributed by atoms with Crippen LogP contribution in [0.5, 0.6) is 11.5 Å². The molecule has 2 rings (SSSR count). The Morgan fingerprint density at radius 2 is 1.70 bits per heavy atom. The molecular formula is C18H21BrO. The lowest BCUT2D eigenvalue weighted by Crippen LogP contribution is -2.12. The maximum atomic E-state index is 6.21. The standard InChI is InChI=1S/C18H21BrO/c1-5-13-8-6-7-9-16(13)20-17-12-14(19)10-11-15(17)18(2,3)4/h6-12H,5H2,1-4H3. The van der Waals surface area contributed by atoms with Gasteiger partial charge in [-0.1, -0.05) is 67.9 Å². The van der Waals surface area contributed by atoms with Crippen molar-refractivity contribution in [2.75, 3.05) is 0 Å². The van der Waals surface area contributed by atoms with E-state index in [0.717, 1.165) is 22.4 Å². The molecule has 2 aromatic carbocycles. The van der Waals surface area contributed by atoms with Gasteiger partial charge in [0.2, 0.25) is 0 Å². The van der Waals surface area contributed by atoms with Crippen LogP contribution in [0.3, 0.4) is 0 Å². The Bertz CT molecular complexity index is 597. The van der Waals surface area contributed by atoms with E-state index in [4.69, 9.17) is 4.74 Å². The first-order valence-corrected chi connectivity index (χ1v) is 7.77. The second-order valence-corrected chi connectivity index (χ2v) is 6.87. The van der Waals surface area contributed by atoms with Crippen molar-refractivity contribution >= 4 is 15.9 Å². The van der Waals surface area contributed by atoms with Gasteiger partial charge in [-0.05, 0) is 35.6 Å². The summed E-state index contributed by atoms with van der Waals surface area (Å²) < 4.78 is 7.25. The molecule has 0 fully saturated rings. The molecule has 0 aliphatic rings. The van der Waals surface area contributed by atoms with Gasteiger partial charge in [0.15, 0.2) is 0 Å². The molecule has 0 N–H and O–H groups in total. The molecule has 2 aromatic rings. The first kappa shape index (κ1) is 15.1. The van der Waals surface area contributed by atoms with Crippen molar-refractivity contribution in [2.24, 2.45) is 0 Å². The van der Waals surface area contributed by atoms with Crippen molar-refractivity contribution in [3.8, 4) is 11.5 Å². The van der Waals surface area contributed by atoms with Crippen LogP contribution in [0, 0.1) is 0 Å². The van der Waals surface area contributed by atoms with Gasteiger partial charge in [-0.2, -0.15) is 0 Å². The van der Waals surface area contributed by atoms with Gasteiger partial charge in [0, 0.05) is 10.0 Å². The molecule has 0 saturated carbocycles. The molecule has 0 heterocycles. The summed E-state index contributed by atoms with van der Waals surface area (Å²) in [4.78, 5) is 0. The predicted molar refractivity (Wildman–Crippen MR) is 88.7 cm³/mol. The van der Waals surface area contributed by atoms with Crippen molar-refractivity contribution in [3.63, 3.8) is 0 Å². The van der Waals surface area contributed by atoms with Crippen molar-refractivity contribution in [1.82, 2.24) is 0 Å². The summed E-state index contributed by atoms with van der Waals surface area (Å²) in [5.74, 6) is 1.87. The molecule has 0 aliphatic heterocycles. The second-order valence-electron chi connectivity index (χ2n) is 5.95. The molecule has 0 spiro atoms. The fourth-order valence-corrected chi connectivity index (χ4v) is 2.55. The molecule has 1 nitrogen and oxygen atoms in total. The van der Waals surface area contributed by atoms with E-state index >= 15 is 0 Å². The molecule has 0 unspecified atom stereocenters. The van der Waals surface area contributed by atoms with Crippen LogP contribution in [0.4, 0.5) is 0 Å². The fraction of sp³-hybridized carbons (Fsp3) is 0.333. The van der Waals surface area contributed by atoms with E-state index in [9.17, 15) is 0 Å². The van der Waals surface area contributed by atoms with Gasteiger partial charge in [0.25, 0.3) is 0 Å². The molecule has 0 radical (unpaired) electrons. The highest BCUT2D eigenvalue weighted by Gasteiger charge is 2.20. The maximum Gasteiger partial charge on any atom is 0.132 e. The van der Waals surface area contributed by atoms with E-state index in [0.29, 0.717) is 0 Å².